The lowest BCUT2D eigenvalue weighted by molar-refractivity contribution is -0.346. The van der Waals surface area contributed by atoms with Gasteiger partial charge in [0.1, 0.15) is 35.6 Å². The molecule has 16 heteroatoms. The van der Waals surface area contributed by atoms with E-state index in [1.165, 1.54) is 26.0 Å². The third kappa shape index (κ3) is 8.86. The monoisotopic (exact) mass is 925 g/mol. The second-order valence-electron chi connectivity index (χ2n) is 21.0. The number of rotatable bonds is 10. The van der Waals surface area contributed by atoms with E-state index >= 15 is 9.59 Å². The largest absolute Gasteiger partial charge is 0.456 e. The number of carbonyl (C=O) groups excluding carboxylic acids is 5. The quantitative estimate of drug-likeness (QED) is 0.121. The number of nitrogens with one attached hydrogen (secondary N) is 1. The first-order valence-electron chi connectivity index (χ1n) is 22.0. The van der Waals surface area contributed by atoms with Crippen LogP contribution in [0.5, 0.6) is 0 Å². The highest BCUT2D eigenvalue weighted by Gasteiger charge is 2.78. The molecule has 1 amide bonds. The number of carbonyl (C=O) groups is 5. The van der Waals surface area contributed by atoms with E-state index < -0.39 is 127 Å². The molecule has 0 radical (unpaired) electrons. The Morgan fingerprint density at radius 3 is 2.02 bits per heavy atom. The molecule has 1 aliphatic heterocycles. The molecule has 2 aromatic carbocycles. The van der Waals surface area contributed by atoms with Crippen LogP contribution in [0.15, 0.2) is 71.8 Å². The second-order valence-corrected chi connectivity index (χ2v) is 24.9. The Balaban J connectivity index is 1.55. The summed E-state index contributed by atoms with van der Waals surface area (Å²) in [6, 6.07) is 15.5. The predicted molar refractivity (Wildman–Crippen MR) is 242 cm³/mol. The summed E-state index contributed by atoms with van der Waals surface area (Å²) in [7, 11) is -2.16. The van der Waals surface area contributed by atoms with Gasteiger partial charge in [-0.1, -0.05) is 83.1 Å². The van der Waals surface area contributed by atoms with Crippen LogP contribution in [0, 0.1) is 16.7 Å². The highest BCUT2D eigenvalue weighted by molar-refractivity contribution is 8.29. The number of hydrogen-bond donors (Lipinski definition) is 4. The van der Waals surface area contributed by atoms with Crippen molar-refractivity contribution in [2.75, 3.05) is 19.1 Å². The number of amides is 1. The Hall–Kier alpha value is -4.32. The van der Waals surface area contributed by atoms with Gasteiger partial charge in [0.2, 0.25) is 0 Å². The highest BCUT2D eigenvalue weighted by Crippen LogP contribution is 2.64. The van der Waals surface area contributed by atoms with Crippen LogP contribution < -0.4 is 5.32 Å². The number of fused-ring (bicyclic) bond motifs is 5. The first kappa shape index (κ1) is 50.1. The van der Waals surface area contributed by atoms with Crippen LogP contribution in [0.25, 0.3) is 0 Å². The minimum atomic E-state index is -2.34. The van der Waals surface area contributed by atoms with Gasteiger partial charge < -0.3 is 48.5 Å². The number of Topliss-reactive ketones (excluding diaryl/α,β-unsaturated/α-hetero) is 1. The molecule has 2 saturated carbocycles. The molecule has 65 heavy (non-hydrogen) atoms. The molecule has 1 unspecified atom stereocenters. The van der Waals surface area contributed by atoms with Crippen molar-refractivity contribution < 1.29 is 67.2 Å². The Morgan fingerprint density at radius 1 is 0.908 bits per heavy atom. The molecule has 358 valence electrons. The molecule has 4 N–H and O–H groups in total. The summed E-state index contributed by atoms with van der Waals surface area (Å²) in [4.78, 5) is 71.4. The zero-order valence-electron chi connectivity index (χ0n) is 39.8. The van der Waals surface area contributed by atoms with E-state index in [4.69, 9.17) is 27.9 Å². The molecule has 1 heterocycles. The third-order valence-electron chi connectivity index (χ3n) is 14.4. The summed E-state index contributed by atoms with van der Waals surface area (Å²) in [5.41, 5.74) is -7.79. The molecular weight excluding hydrogens is 859 g/mol. The fourth-order valence-electron chi connectivity index (χ4n) is 10.0. The molecule has 3 fully saturated rings. The lowest BCUT2D eigenvalue weighted by atomic mass is 9.44. The van der Waals surface area contributed by atoms with Crippen molar-refractivity contribution in [3.63, 3.8) is 0 Å². The standard InChI is InChI=1S/C49H67NO14S/c1-27-31(60-42(56)37(64-65(12,13)45(6,7)8)35(29-20-16-14-17-21-29)50-43(57)63-44(3,4)5)25-49(58)40(61-41(55)30-22-18-15-19-23-30)38-47(11,39(54)36(53)34(27)46(49,9)10)32(52)24-33-48(38,26-59-33)62-28(2)51/h14-23,31-33,35-38,40,52-53,58H,24-26H2,1-13H3,(H,50,57)/t31-,32-,33+,35-,36+,37+,38?,40-,47+,48-,49+/m0/s1. The summed E-state index contributed by atoms with van der Waals surface area (Å²) in [5.74, 6) is -5.00. The van der Waals surface area contributed by atoms with Gasteiger partial charge in [0.25, 0.3) is 0 Å². The van der Waals surface area contributed by atoms with Crippen molar-refractivity contribution in [3.8, 4) is 0 Å². The molecule has 4 aliphatic rings. The minimum absolute atomic E-state index is 0.0141. The van der Waals surface area contributed by atoms with Crippen molar-refractivity contribution in [2.24, 2.45) is 16.7 Å². The molecule has 1 saturated heterocycles. The van der Waals surface area contributed by atoms with Gasteiger partial charge in [0.15, 0.2) is 17.5 Å². The number of aliphatic hydroxyl groups excluding tert-OH is 2. The van der Waals surface area contributed by atoms with Crippen molar-refractivity contribution in [1.82, 2.24) is 5.32 Å². The van der Waals surface area contributed by atoms with E-state index in [1.807, 2.05) is 33.3 Å². The summed E-state index contributed by atoms with van der Waals surface area (Å²) in [6.07, 6.45) is -6.93. The molecule has 11 atom stereocenters. The van der Waals surface area contributed by atoms with Crippen molar-refractivity contribution >= 4 is 40.1 Å². The fourth-order valence-corrected chi connectivity index (χ4v) is 11.0. The zero-order valence-corrected chi connectivity index (χ0v) is 40.6. The van der Waals surface area contributed by atoms with Crippen LogP contribution in [0.4, 0.5) is 4.79 Å². The maximum absolute atomic E-state index is 15.2. The van der Waals surface area contributed by atoms with Crippen molar-refractivity contribution in [1.29, 1.82) is 0 Å². The number of esters is 3. The zero-order chi connectivity index (χ0) is 48.5. The van der Waals surface area contributed by atoms with Crippen LogP contribution in [-0.4, -0.2) is 122 Å². The van der Waals surface area contributed by atoms with E-state index in [9.17, 15) is 29.7 Å². The molecule has 2 bridgehead atoms. The van der Waals surface area contributed by atoms with Crippen LogP contribution in [0.1, 0.15) is 111 Å². The molecule has 2 aromatic rings. The van der Waals surface area contributed by atoms with Crippen LogP contribution >= 0.6 is 10.3 Å². The summed E-state index contributed by atoms with van der Waals surface area (Å²) in [5, 5.41) is 41.1. The summed E-state index contributed by atoms with van der Waals surface area (Å²) < 4.78 is 36.9. The van der Waals surface area contributed by atoms with E-state index in [2.05, 4.69) is 5.32 Å². The minimum Gasteiger partial charge on any atom is -0.456 e. The van der Waals surface area contributed by atoms with Gasteiger partial charge in [-0.25, -0.2) is 14.4 Å². The van der Waals surface area contributed by atoms with Crippen LogP contribution in [0.2, 0.25) is 0 Å². The van der Waals surface area contributed by atoms with E-state index in [0.717, 1.165) is 0 Å². The molecule has 15 nitrogen and oxygen atoms in total. The summed E-state index contributed by atoms with van der Waals surface area (Å²) >= 11 is 0. The number of ketones is 1. The topological polar surface area (TPSA) is 213 Å². The number of aliphatic hydroxyl groups is 3. The van der Waals surface area contributed by atoms with Gasteiger partial charge in [-0.05, 0) is 76.0 Å². The average Bonchev–Trinajstić information content (AvgIpc) is 3.20. The van der Waals surface area contributed by atoms with Crippen LogP contribution in [-0.2, 0) is 42.3 Å². The molecule has 3 aliphatic carbocycles. The fraction of sp³-hybridized carbons (Fsp3) is 0.612. The van der Waals surface area contributed by atoms with E-state index in [0.29, 0.717) is 5.56 Å². The van der Waals surface area contributed by atoms with Crippen LogP contribution in [0.3, 0.4) is 0 Å². The molecular formula is C49H67NO14S. The average molecular weight is 926 g/mol. The molecule has 0 spiro atoms. The summed E-state index contributed by atoms with van der Waals surface area (Å²) in [6.45, 7) is 18.1. The Kier molecular flexibility index (Phi) is 13.4. The number of alkyl carbamates (subject to hydrolysis) is 1. The van der Waals surface area contributed by atoms with E-state index in [-0.39, 0.29) is 29.7 Å². The van der Waals surface area contributed by atoms with E-state index in [1.54, 1.807) is 90.1 Å². The Morgan fingerprint density at radius 2 is 1.49 bits per heavy atom. The Labute approximate surface area is 383 Å². The molecule has 6 rings (SSSR count). The lowest BCUT2D eigenvalue weighted by Crippen LogP contribution is -2.81. The van der Waals surface area contributed by atoms with Gasteiger partial charge in [-0.2, -0.15) is 0 Å². The Bertz CT molecular complexity index is 2200. The third-order valence-corrected chi connectivity index (χ3v) is 18.0. The first-order chi connectivity index (χ1) is 29.9. The lowest BCUT2D eigenvalue weighted by Gasteiger charge is -2.67. The molecule has 0 aromatic heterocycles. The highest BCUT2D eigenvalue weighted by atomic mass is 32.3. The normalized spacial score (nSPS) is 32.2. The number of hydrogen-bond acceptors (Lipinski definition) is 14. The first-order valence-corrected chi connectivity index (χ1v) is 24.4. The van der Waals surface area contributed by atoms with Gasteiger partial charge in [0, 0.05) is 29.9 Å². The maximum Gasteiger partial charge on any atom is 0.408 e. The maximum atomic E-state index is 15.2. The second kappa shape index (κ2) is 17.4. The number of ether oxygens (including phenoxy) is 5. The van der Waals surface area contributed by atoms with Gasteiger partial charge in [-0.3, -0.25) is 9.59 Å². The van der Waals surface area contributed by atoms with Gasteiger partial charge in [0.05, 0.1) is 35.6 Å². The number of benzene rings is 2. The van der Waals surface area contributed by atoms with Gasteiger partial charge in [-0.15, -0.1) is 10.3 Å². The smallest absolute Gasteiger partial charge is 0.408 e. The predicted octanol–water partition coefficient (Wildman–Crippen LogP) is 6.06. The SMILES string of the molecule is CC(=O)O[C@@]12CO[C@@H]1C[C@H](O)[C@@]1(C)C(=O)[C@H](O)C3=C(C)[C@@H](OC(=O)[C@H](OS(C)(C)C(C)(C)C)[C@@H](NC(=O)OC(C)(C)C)c4ccccc4)C[C@@](O)([C@@H](OC(=O)c4ccccc4)C12)C3(C)C. The van der Waals surface area contributed by atoms with Crippen molar-refractivity contribution in [2.45, 2.75) is 153 Å². The van der Waals surface area contributed by atoms with Gasteiger partial charge >= 0.3 is 24.0 Å². The van der Waals surface area contributed by atoms with Crippen molar-refractivity contribution in [3.05, 3.63) is 82.9 Å².